The van der Waals surface area contributed by atoms with Crippen LogP contribution in [0.3, 0.4) is 0 Å². The van der Waals surface area contributed by atoms with Gasteiger partial charge in [-0.05, 0) is 11.1 Å². The third-order valence-electron chi connectivity index (χ3n) is 3.02. The Hall–Kier alpha value is -1.81. The predicted octanol–water partition coefficient (Wildman–Crippen LogP) is 3.68. The molecule has 0 heterocycles. The Bertz CT molecular complexity index is 522. The molecule has 0 aromatic heterocycles. The van der Waals surface area contributed by atoms with Gasteiger partial charge in [-0.25, -0.2) is 0 Å². The SMILES string of the molecule is O[C@@](Cc1ccccc1)(c1ccccc1)C(F)(F)F. The molecule has 0 aliphatic carbocycles. The fourth-order valence-electron chi connectivity index (χ4n) is 1.97. The van der Waals surface area contributed by atoms with Crippen molar-refractivity contribution in [3.63, 3.8) is 0 Å². The minimum atomic E-state index is -4.73. The normalized spacial score (nSPS) is 14.9. The Labute approximate surface area is 109 Å². The molecule has 2 aromatic carbocycles. The van der Waals surface area contributed by atoms with E-state index in [1.54, 1.807) is 36.4 Å². The van der Waals surface area contributed by atoms with Gasteiger partial charge in [0.1, 0.15) is 0 Å². The van der Waals surface area contributed by atoms with Crippen LogP contribution in [0.15, 0.2) is 60.7 Å². The minimum Gasteiger partial charge on any atom is -0.376 e. The van der Waals surface area contributed by atoms with E-state index in [1.165, 1.54) is 24.3 Å². The van der Waals surface area contributed by atoms with E-state index in [-0.39, 0.29) is 5.56 Å². The summed E-state index contributed by atoms with van der Waals surface area (Å²) in [5, 5.41) is 10.1. The molecule has 0 unspecified atom stereocenters. The molecule has 2 rings (SSSR count). The quantitative estimate of drug-likeness (QED) is 0.898. The van der Waals surface area contributed by atoms with Crippen LogP contribution in [0.25, 0.3) is 0 Å². The Morgan fingerprint density at radius 2 is 1.26 bits per heavy atom. The molecular formula is C15H13F3O. The van der Waals surface area contributed by atoms with E-state index in [9.17, 15) is 18.3 Å². The Balaban J connectivity index is 2.42. The van der Waals surface area contributed by atoms with Gasteiger partial charge in [-0.15, -0.1) is 0 Å². The van der Waals surface area contributed by atoms with Gasteiger partial charge in [0.25, 0.3) is 0 Å². The zero-order chi connectivity index (χ0) is 13.9. The van der Waals surface area contributed by atoms with Gasteiger partial charge >= 0.3 is 6.18 Å². The van der Waals surface area contributed by atoms with Crippen molar-refractivity contribution < 1.29 is 18.3 Å². The maximum Gasteiger partial charge on any atom is 0.421 e. The van der Waals surface area contributed by atoms with Crippen LogP contribution in [0.5, 0.6) is 0 Å². The summed E-state index contributed by atoms with van der Waals surface area (Å²) in [5.41, 5.74) is -2.58. The molecule has 0 saturated carbocycles. The van der Waals surface area contributed by atoms with E-state index >= 15 is 0 Å². The molecule has 4 heteroatoms. The second kappa shape index (κ2) is 5.05. The van der Waals surface area contributed by atoms with E-state index in [1.807, 2.05) is 0 Å². The smallest absolute Gasteiger partial charge is 0.376 e. The average molecular weight is 266 g/mol. The molecule has 19 heavy (non-hydrogen) atoms. The fourth-order valence-corrected chi connectivity index (χ4v) is 1.97. The zero-order valence-corrected chi connectivity index (χ0v) is 10.1. The number of halogens is 3. The summed E-state index contributed by atoms with van der Waals surface area (Å²) < 4.78 is 39.7. The van der Waals surface area contributed by atoms with Crippen molar-refractivity contribution in [1.82, 2.24) is 0 Å². The first kappa shape index (κ1) is 13.6. The van der Waals surface area contributed by atoms with E-state index in [2.05, 4.69) is 0 Å². The third-order valence-corrected chi connectivity index (χ3v) is 3.02. The maximum absolute atomic E-state index is 13.2. The Morgan fingerprint density at radius 1 is 0.789 bits per heavy atom. The highest BCUT2D eigenvalue weighted by Gasteiger charge is 2.54. The lowest BCUT2D eigenvalue weighted by molar-refractivity contribution is -0.266. The third kappa shape index (κ3) is 2.79. The van der Waals surface area contributed by atoms with Crippen molar-refractivity contribution in [3.8, 4) is 0 Å². The lowest BCUT2D eigenvalue weighted by atomic mass is 9.86. The monoisotopic (exact) mass is 266 g/mol. The largest absolute Gasteiger partial charge is 0.421 e. The van der Waals surface area contributed by atoms with Crippen LogP contribution in [-0.2, 0) is 12.0 Å². The first-order chi connectivity index (χ1) is 8.93. The molecule has 1 atom stereocenters. The van der Waals surface area contributed by atoms with Crippen molar-refractivity contribution in [2.75, 3.05) is 0 Å². The van der Waals surface area contributed by atoms with Crippen LogP contribution in [0, 0.1) is 0 Å². The van der Waals surface area contributed by atoms with Gasteiger partial charge in [0, 0.05) is 6.42 Å². The van der Waals surface area contributed by atoms with Gasteiger partial charge < -0.3 is 5.11 Å². The Morgan fingerprint density at radius 3 is 1.74 bits per heavy atom. The summed E-state index contributed by atoms with van der Waals surface area (Å²) in [4.78, 5) is 0. The summed E-state index contributed by atoms with van der Waals surface area (Å²) in [6, 6.07) is 15.3. The highest BCUT2D eigenvalue weighted by Crippen LogP contribution is 2.41. The number of alkyl halides is 3. The van der Waals surface area contributed by atoms with Gasteiger partial charge in [-0.3, -0.25) is 0 Å². The molecule has 0 bridgehead atoms. The zero-order valence-electron chi connectivity index (χ0n) is 10.1. The highest BCUT2D eigenvalue weighted by atomic mass is 19.4. The van der Waals surface area contributed by atoms with Gasteiger partial charge in [0.2, 0.25) is 0 Å². The summed E-state index contributed by atoms with van der Waals surface area (Å²) in [6.07, 6.45) is -5.23. The topological polar surface area (TPSA) is 20.2 Å². The van der Waals surface area contributed by atoms with Gasteiger partial charge in [-0.1, -0.05) is 60.7 Å². The van der Waals surface area contributed by atoms with Crippen molar-refractivity contribution in [1.29, 1.82) is 0 Å². The van der Waals surface area contributed by atoms with Crippen LogP contribution in [0.2, 0.25) is 0 Å². The van der Waals surface area contributed by atoms with Crippen molar-refractivity contribution in [2.45, 2.75) is 18.2 Å². The average Bonchev–Trinajstić information content (AvgIpc) is 2.39. The van der Waals surface area contributed by atoms with Crippen LogP contribution in [0.4, 0.5) is 13.2 Å². The molecule has 1 N–H and O–H groups in total. The van der Waals surface area contributed by atoms with E-state index < -0.39 is 18.2 Å². The molecule has 100 valence electrons. The first-order valence-electron chi connectivity index (χ1n) is 5.82. The second-order valence-electron chi connectivity index (χ2n) is 4.39. The second-order valence-corrected chi connectivity index (χ2v) is 4.39. The molecule has 0 radical (unpaired) electrons. The lowest BCUT2D eigenvalue weighted by Gasteiger charge is -2.31. The molecule has 0 amide bonds. The molecule has 0 fully saturated rings. The molecule has 0 spiro atoms. The van der Waals surface area contributed by atoms with E-state index in [0.29, 0.717) is 5.56 Å². The van der Waals surface area contributed by atoms with Crippen LogP contribution in [-0.4, -0.2) is 11.3 Å². The number of benzene rings is 2. The molecule has 1 nitrogen and oxygen atoms in total. The first-order valence-corrected chi connectivity index (χ1v) is 5.82. The highest BCUT2D eigenvalue weighted by molar-refractivity contribution is 5.28. The van der Waals surface area contributed by atoms with Crippen LogP contribution < -0.4 is 0 Å². The van der Waals surface area contributed by atoms with Gasteiger partial charge in [0.15, 0.2) is 5.60 Å². The standard InChI is InChI=1S/C15H13F3O/c16-15(17,18)14(19,13-9-5-2-6-10-13)11-12-7-3-1-4-8-12/h1-10,19H,11H2/t14-/m0/s1. The maximum atomic E-state index is 13.2. The fraction of sp³-hybridized carbons (Fsp3) is 0.200. The van der Waals surface area contributed by atoms with E-state index in [0.717, 1.165) is 0 Å². The summed E-state index contributed by atoms with van der Waals surface area (Å²) in [7, 11) is 0. The summed E-state index contributed by atoms with van der Waals surface area (Å²) >= 11 is 0. The van der Waals surface area contributed by atoms with Crippen molar-refractivity contribution in [2.24, 2.45) is 0 Å². The Kier molecular flexibility index (Phi) is 3.62. The van der Waals surface area contributed by atoms with Crippen LogP contribution in [0.1, 0.15) is 11.1 Å². The molecular weight excluding hydrogens is 253 g/mol. The molecule has 0 aliphatic rings. The summed E-state index contributed by atoms with van der Waals surface area (Å²) in [6.45, 7) is 0. The van der Waals surface area contributed by atoms with Gasteiger partial charge in [-0.2, -0.15) is 13.2 Å². The molecule has 0 aliphatic heterocycles. The summed E-state index contributed by atoms with van der Waals surface area (Å²) in [5.74, 6) is 0. The molecule has 0 saturated heterocycles. The number of rotatable bonds is 3. The number of hydrogen-bond acceptors (Lipinski definition) is 1. The minimum absolute atomic E-state index is 0.147. The van der Waals surface area contributed by atoms with Gasteiger partial charge in [0.05, 0.1) is 0 Å². The van der Waals surface area contributed by atoms with E-state index in [4.69, 9.17) is 0 Å². The lowest BCUT2D eigenvalue weighted by Crippen LogP contribution is -2.44. The van der Waals surface area contributed by atoms with Crippen LogP contribution >= 0.6 is 0 Å². The molecule has 2 aromatic rings. The van der Waals surface area contributed by atoms with Crippen molar-refractivity contribution >= 4 is 0 Å². The van der Waals surface area contributed by atoms with Crippen molar-refractivity contribution in [3.05, 3.63) is 71.8 Å². The number of aliphatic hydroxyl groups is 1. The predicted molar refractivity (Wildman–Crippen MR) is 66.5 cm³/mol. The number of hydrogen-bond donors (Lipinski definition) is 1.